The topological polar surface area (TPSA) is 69.6 Å². The molecule has 0 atom stereocenters. The van der Waals surface area contributed by atoms with Gasteiger partial charge in [0.2, 0.25) is 5.28 Å². The molecule has 2 aromatic heterocycles. The number of hydrogen-bond acceptors (Lipinski definition) is 4. The number of nitrogens with zero attached hydrogens (tertiary/aromatic N) is 4. The van der Waals surface area contributed by atoms with Gasteiger partial charge in [0.05, 0.1) is 11.7 Å². The van der Waals surface area contributed by atoms with Crippen LogP contribution < -0.4 is 5.73 Å². The third kappa shape index (κ3) is 2.38. The summed E-state index contributed by atoms with van der Waals surface area (Å²) in [6.07, 6.45) is -2.58. The van der Waals surface area contributed by atoms with Gasteiger partial charge in [-0.05, 0) is 29.8 Å². The Morgan fingerprint density at radius 2 is 1.95 bits per heavy atom. The van der Waals surface area contributed by atoms with E-state index in [4.69, 9.17) is 17.3 Å². The lowest BCUT2D eigenvalue weighted by Gasteiger charge is -2.12. The van der Waals surface area contributed by atoms with Crippen LogP contribution in [0.1, 0.15) is 5.56 Å². The van der Waals surface area contributed by atoms with Crippen LogP contribution in [-0.4, -0.2) is 19.7 Å². The average molecular weight is 314 g/mol. The largest absolute Gasteiger partial charge is 0.421 e. The molecule has 2 N–H and O–H groups in total. The second-order valence-electron chi connectivity index (χ2n) is 4.25. The Morgan fingerprint density at radius 3 is 2.67 bits per heavy atom. The second kappa shape index (κ2) is 4.59. The molecule has 2 heterocycles. The zero-order valence-electron chi connectivity index (χ0n) is 10.3. The smallest absolute Gasteiger partial charge is 0.399 e. The number of alkyl halides is 3. The first-order valence-corrected chi connectivity index (χ1v) is 6.07. The van der Waals surface area contributed by atoms with Crippen molar-refractivity contribution in [3.05, 3.63) is 41.4 Å². The number of aromatic nitrogens is 4. The van der Waals surface area contributed by atoms with Crippen molar-refractivity contribution in [3.63, 3.8) is 0 Å². The number of benzene rings is 1. The third-order valence-electron chi connectivity index (χ3n) is 2.84. The SMILES string of the molecule is Nc1ccc2c(cnn2-c2nc(Cl)ncc2C(F)(F)F)c1. The molecule has 5 nitrogen and oxygen atoms in total. The maximum atomic E-state index is 13.1. The molecule has 0 aliphatic carbocycles. The molecule has 9 heteroatoms. The van der Waals surface area contributed by atoms with E-state index >= 15 is 0 Å². The molecule has 108 valence electrons. The molecule has 3 aromatic rings. The molecule has 0 aliphatic heterocycles. The fourth-order valence-corrected chi connectivity index (χ4v) is 2.06. The summed E-state index contributed by atoms with van der Waals surface area (Å²) in [5.74, 6) is -0.428. The van der Waals surface area contributed by atoms with Gasteiger partial charge in [-0.1, -0.05) is 0 Å². The molecule has 0 radical (unpaired) electrons. The standard InChI is InChI=1S/C12H7ClF3N5/c13-11-18-5-8(12(14,15)16)10(20-11)21-9-2-1-7(17)3-6(9)4-19-21/h1-5H,17H2. The van der Waals surface area contributed by atoms with Crippen LogP contribution >= 0.6 is 11.6 Å². The lowest BCUT2D eigenvalue weighted by molar-refractivity contribution is -0.138. The molecule has 0 saturated heterocycles. The zero-order valence-corrected chi connectivity index (χ0v) is 11.0. The highest BCUT2D eigenvalue weighted by Crippen LogP contribution is 2.33. The van der Waals surface area contributed by atoms with Crippen LogP contribution in [0.25, 0.3) is 16.7 Å². The Morgan fingerprint density at radius 1 is 1.19 bits per heavy atom. The van der Waals surface area contributed by atoms with E-state index in [2.05, 4.69) is 15.1 Å². The first-order valence-electron chi connectivity index (χ1n) is 5.69. The van der Waals surface area contributed by atoms with Crippen molar-refractivity contribution in [1.82, 2.24) is 19.7 Å². The van der Waals surface area contributed by atoms with Crippen molar-refractivity contribution in [1.29, 1.82) is 0 Å². The summed E-state index contributed by atoms with van der Waals surface area (Å²) in [6.45, 7) is 0. The summed E-state index contributed by atoms with van der Waals surface area (Å²) < 4.78 is 40.2. The summed E-state index contributed by atoms with van der Waals surface area (Å²) in [6, 6.07) is 4.74. The summed E-state index contributed by atoms with van der Waals surface area (Å²) in [5.41, 5.74) is 5.53. The van der Waals surface area contributed by atoms with Crippen molar-refractivity contribution in [2.24, 2.45) is 0 Å². The second-order valence-corrected chi connectivity index (χ2v) is 4.59. The van der Waals surface area contributed by atoms with Gasteiger partial charge in [-0.2, -0.15) is 23.3 Å². The lowest BCUT2D eigenvalue weighted by atomic mass is 10.2. The fraction of sp³-hybridized carbons (Fsp3) is 0.0833. The molecule has 21 heavy (non-hydrogen) atoms. The number of fused-ring (bicyclic) bond motifs is 1. The Balaban J connectivity index is 2.30. The predicted molar refractivity (Wildman–Crippen MR) is 71.1 cm³/mol. The minimum Gasteiger partial charge on any atom is -0.399 e. The minimum absolute atomic E-state index is 0.294. The molecule has 0 amide bonds. The average Bonchev–Trinajstić information content (AvgIpc) is 2.79. The molecule has 0 bridgehead atoms. The normalized spacial score (nSPS) is 12.0. The van der Waals surface area contributed by atoms with E-state index in [0.717, 1.165) is 4.68 Å². The zero-order chi connectivity index (χ0) is 15.2. The van der Waals surface area contributed by atoms with E-state index in [9.17, 15) is 13.2 Å². The van der Waals surface area contributed by atoms with Gasteiger partial charge in [0.25, 0.3) is 0 Å². The summed E-state index contributed by atoms with van der Waals surface area (Å²) in [7, 11) is 0. The van der Waals surface area contributed by atoms with Crippen LogP contribution in [0.2, 0.25) is 5.28 Å². The number of halogens is 4. The predicted octanol–water partition coefficient (Wildman–Crippen LogP) is 3.07. The minimum atomic E-state index is -4.62. The lowest BCUT2D eigenvalue weighted by Crippen LogP contribution is -2.14. The monoisotopic (exact) mass is 313 g/mol. The van der Waals surface area contributed by atoms with Crippen LogP contribution in [-0.2, 0) is 6.18 Å². The highest BCUT2D eigenvalue weighted by molar-refractivity contribution is 6.28. The molecule has 0 unspecified atom stereocenters. The van der Waals surface area contributed by atoms with Gasteiger partial charge in [-0.15, -0.1) is 0 Å². The summed E-state index contributed by atoms with van der Waals surface area (Å²) in [4.78, 5) is 7.04. The van der Waals surface area contributed by atoms with Gasteiger partial charge < -0.3 is 5.73 Å². The van der Waals surface area contributed by atoms with Crippen LogP contribution in [0.5, 0.6) is 0 Å². The number of hydrogen-bond donors (Lipinski definition) is 1. The van der Waals surface area contributed by atoms with Gasteiger partial charge in [0.1, 0.15) is 5.56 Å². The van der Waals surface area contributed by atoms with Crippen molar-refractivity contribution in [2.45, 2.75) is 6.18 Å². The van der Waals surface area contributed by atoms with Gasteiger partial charge in [0.15, 0.2) is 5.82 Å². The Labute approximate surface area is 121 Å². The van der Waals surface area contributed by atoms with Crippen LogP contribution in [0, 0.1) is 0 Å². The first-order chi connectivity index (χ1) is 9.86. The van der Waals surface area contributed by atoms with Gasteiger partial charge in [0, 0.05) is 17.3 Å². The quantitative estimate of drug-likeness (QED) is 0.553. The molecule has 0 aliphatic rings. The van der Waals surface area contributed by atoms with E-state index in [1.807, 2.05) is 0 Å². The van der Waals surface area contributed by atoms with Gasteiger partial charge >= 0.3 is 6.18 Å². The van der Waals surface area contributed by atoms with Crippen LogP contribution in [0.4, 0.5) is 18.9 Å². The summed E-state index contributed by atoms with van der Waals surface area (Å²) >= 11 is 5.61. The maximum Gasteiger partial charge on any atom is 0.421 e. The highest BCUT2D eigenvalue weighted by atomic mass is 35.5. The molecule has 0 spiro atoms. The molecular formula is C12H7ClF3N5. The van der Waals surface area contributed by atoms with Crippen LogP contribution in [0.3, 0.4) is 0 Å². The number of rotatable bonds is 1. The third-order valence-corrected chi connectivity index (χ3v) is 3.02. The van der Waals surface area contributed by atoms with Gasteiger partial charge in [-0.25, -0.2) is 9.67 Å². The summed E-state index contributed by atoms with van der Waals surface area (Å²) in [5, 5.41) is 4.24. The van der Waals surface area contributed by atoms with E-state index in [-0.39, 0.29) is 5.28 Å². The molecular weight excluding hydrogens is 307 g/mol. The number of anilines is 1. The van der Waals surface area contributed by atoms with E-state index in [0.29, 0.717) is 22.8 Å². The van der Waals surface area contributed by atoms with E-state index < -0.39 is 17.6 Å². The van der Waals surface area contributed by atoms with Crippen molar-refractivity contribution in [2.75, 3.05) is 5.73 Å². The Hall–Kier alpha value is -2.35. The van der Waals surface area contributed by atoms with Crippen molar-refractivity contribution in [3.8, 4) is 5.82 Å². The highest BCUT2D eigenvalue weighted by Gasteiger charge is 2.36. The molecule has 1 aromatic carbocycles. The fourth-order valence-electron chi connectivity index (χ4n) is 1.93. The Kier molecular flexibility index (Phi) is 2.98. The van der Waals surface area contributed by atoms with Crippen molar-refractivity contribution >= 4 is 28.2 Å². The molecule has 0 saturated carbocycles. The van der Waals surface area contributed by atoms with E-state index in [1.54, 1.807) is 18.2 Å². The van der Waals surface area contributed by atoms with Crippen LogP contribution in [0.15, 0.2) is 30.6 Å². The number of nitrogens with two attached hydrogens (primary N) is 1. The van der Waals surface area contributed by atoms with Crippen molar-refractivity contribution < 1.29 is 13.2 Å². The van der Waals surface area contributed by atoms with E-state index in [1.165, 1.54) is 6.20 Å². The maximum absolute atomic E-state index is 13.1. The molecule has 0 fully saturated rings. The number of nitrogen functional groups attached to an aromatic ring is 1. The molecule has 3 rings (SSSR count). The van der Waals surface area contributed by atoms with Gasteiger partial charge in [-0.3, -0.25) is 0 Å². The Bertz CT molecular complexity index is 827. The first kappa shape index (κ1) is 13.6.